The van der Waals surface area contributed by atoms with Crippen LogP contribution in [0, 0.1) is 0 Å². The van der Waals surface area contributed by atoms with Crippen LogP contribution in [0.15, 0.2) is 10.9 Å². The normalized spacial score (nSPS) is 15.6. The van der Waals surface area contributed by atoms with Crippen molar-refractivity contribution in [1.29, 1.82) is 0 Å². The van der Waals surface area contributed by atoms with Crippen molar-refractivity contribution in [2.75, 3.05) is 0 Å². The van der Waals surface area contributed by atoms with E-state index in [-0.39, 0.29) is 5.89 Å². The second kappa shape index (κ2) is 1.73. The first-order chi connectivity index (χ1) is 4.11. The summed E-state index contributed by atoms with van der Waals surface area (Å²) >= 11 is 0. The highest BCUT2D eigenvalue weighted by molar-refractivity contribution is 4.69. The lowest BCUT2D eigenvalue weighted by atomic mass is 10.5. The van der Waals surface area contributed by atoms with E-state index in [0.717, 1.165) is 0 Å². The monoisotopic (exact) mass is 100 g/mol. The maximum Gasteiger partial charge on any atom is 0.226 e. The molecule has 0 unspecified atom stereocenters. The fourth-order valence-corrected chi connectivity index (χ4v) is 0.283. The molecule has 0 aliphatic rings. The van der Waals surface area contributed by atoms with Crippen molar-refractivity contribution in [3.63, 3.8) is 0 Å². The van der Waals surface area contributed by atoms with Crippen molar-refractivity contribution in [2.24, 2.45) is 0 Å². The van der Waals surface area contributed by atoms with Gasteiger partial charge in [-0.3, -0.25) is 0 Å². The van der Waals surface area contributed by atoms with Crippen molar-refractivity contribution in [2.45, 2.75) is 13.3 Å². The molecule has 0 spiro atoms. The second-order valence-electron chi connectivity index (χ2n) is 0.996. The minimum Gasteiger partial charge on any atom is -0.340 e. The summed E-state index contributed by atoms with van der Waals surface area (Å²) in [4.78, 5) is 3.53. The standard InChI is InChI=1S/C4H6N2O/c1-2-4-5-3-6-7-4/h3H,2H2,1H3/i2D2. The molecule has 0 aliphatic heterocycles. The maximum absolute atomic E-state index is 7.06. The summed E-state index contributed by atoms with van der Waals surface area (Å²) in [5, 5.41) is 3.26. The van der Waals surface area contributed by atoms with Gasteiger partial charge >= 0.3 is 0 Å². The zero-order valence-electron chi connectivity index (χ0n) is 5.88. The fourth-order valence-electron chi connectivity index (χ4n) is 0.283. The first-order valence-electron chi connectivity index (χ1n) is 2.88. The van der Waals surface area contributed by atoms with E-state index in [1.165, 1.54) is 13.3 Å². The van der Waals surface area contributed by atoms with Gasteiger partial charge in [0.05, 0.1) is 0 Å². The third-order valence-corrected chi connectivity index (χ3v) is 0.575. The molecule has 0 radical (unpaired) electrons. The summed E-state index contributed by atoms with van der Waals surface area (Å²) in [5.41, 5.74) is 0. The molecule has 0 aliphatic carbocycles. The zero-order valence-corrected chi connectivity index (χ0v) is 3.88. The minimum atomic E-state index is -1.52. The summed E-state index contributed by atoms with van der Waals surface area (Å²) in [6.45, 7) is 1.36. The summed E-state index contributed by atoms with van der Waals surface area (Å²) in [6.07, 6.45) is -0.340. The Bertz CT molecular complexity index is 179. The molecule has 3 nitrogen and oxygen atoms in total. The molecule has 0 atom stereocenters. The van der Waals surface area contributed by atoms with E-state index in [1.807, 2.05) is 0 Å². The molecule has 0 saturated carbocycles. The van der Waals surface area contributed by atoms with Crippen LogP contribution in [-0.4, -0.2) is 10.1 Å². The molecule has 1 aromatic heterocycles. The van der Waals surface area contributed by atoms with Crippen molar-refractivity contribution in [3.05, 3.63) is 12.2 Å². The van der Waals surface area contributed by atoms with Gasteiger partial charge in [0.2, 0.25) is 5.89 Å². The molecule has 3 heteroatoms. The molecule has 7 heavy (non-hydrogen) atoms. The van der Waals surface area contributed by atoms with E-state index >= 15 is 0 Å². The molecule has 0 fully saturated rings. The predicted molar refractivity (Wildman–Crippen MR) is 23.7 cm³/mol. The van der Waals surface area contributed by atoms with Crippen molar-refractivity contribution >= 4 is 0 Å². The molecular weight excluding hydrogens is 92.1 g/mol. The van der Waals surface area contributed by atoms with Crippen molar-refractivity contribution < 1.29 is 7.26 Å². The lowest BCUT2D eigenvalue weighted by Crippen LogP contribution is -1.73. The van der Waals surface area contributed by atoms with Crippen LogP contribution in [0.1, 0.15) is 15.6 Å². The quantitative estimate of drug-likeness (QED) is 0.519. The predicted octanol–water partition coefficient (Wildman–Crippen LogP) is 0.632. The number of aryl methyl sites for hydroxylation is 1. The number of hydrogen-bond acceptors (Lipinski definition) is 3. The second-order valence-corrected chi connectivity index (χ2v) is 0.996. The van der Waals surface area contributed by atoms with Crippen molar-refractivity contribution in [3.8, 4) is 0 Å². The van der Waals surface area contributed by atoms with Gasteiger partial charge in [-0.15, -0.1) is 0 Å². The molecule has 0 bridgehead atoms. The molecule has 0 amide bonds. The molecule has 1 heterocycles. The summed E-state index contributed by atoms with van der Waals surface area (Å²) < 4.78 is 18.6. The Morgan fingerprint density at radius 3 is 3.29 bits per heavy atom. The largest absolute Gasteiger partial charge is 0.340 e. The maximum atomic E-state index is 7.06. The average molecular weight is 100 g/mol. The zero-order chi connectivity index (χ0) is 6.91. The SMILES string of the molecule is [2H]C([2H])(C)c1ncno1. The number of nitrogens with zero attached hydrogens (tertiary/aromatic N) is 2. The van der Waals surface area contributed by atoms with Crippen LogP contribution in [0.25, 0.3) is 0 Å². The smallest absolute Gasteiger partial charge is 0.226 e. The van der Waals surface area contributed by atoms with Gasteiger partial charge in [-0.05, 0) is 0 Å². The Hall–Kier alpha value is -0.860. The third-order valence-electron chi connectivity index (χ3n) is 0.575. The van der Waals surface area contributed by atoms with Gasteiger partial charge in [0.25, 0.3) is 0 Å². The first-order valence-corrected chi connectivity index (χ1v) is 1.88. The van der Waals surface area contributed by atoms with Gasteiger partial charge in [0, 0.05) is 9.11 Å². The molecule has 38 valence electrons. The van der Waals surface area contributed by atoms with E-state index in [1.54, 1.807) is 0 Å². The van der Waals surface area contributed by atoms with Crippen LogP contribution >= 0.6 is 0 Å². The Morgan fingerprint density at radius 1 is 2.14 bits per heavy atom. The van der Waals surface area contributed by atoms with Crippen LogP contribution in [0.4, 0.5) is 0 Å². The molecular formula is C4H6N2O. The molecule has 1 rings (SSSR count). The van der Waals surface area contributed by atoms with E-state index in [4.69, 9.17) is 2.74 Å². The highest BCUT2D eigenvalue weighted by Gasteiger charge is 1.88. The lowest BCUT2D eigenvalue weighted by molar-refractivity contribution is 0.381. The van der Waals surface area contributed by atoms with Crippen LogP contribution in [-0.2, 0) is 6.37 Å². The fraction of sp³-hybridized carbons (Fsp3) is 0.500. The van der Waals surface area contributed by atoms with Gasteiger partial charge < -0.3 is 4.52 Å². The van der Waals surface area contributed by atoms with Crippen LogP contribution in [0.5, 0.6) is 0 Å². The number of aromatic nitrogens is 2. The molecule has 1 aromatic rings. The van der Waals surface area contributed by atoms with Crippen molar-refractivity contribution in [1.82, 2.24) is 10.1 Å². The number of rotatable bonds is 1. The third kappa shape index (κ3) is 0.765. The van der Waals surface area contributed by atoms with E-state index < -0.39 is 6.37 Å². The van der Waals surface area contributed by atoms with Gasteiger partial charge in [0.15, 0.2) is 6.33 Å². The topological polar surface area (TPSA) is 38.9 Å². The van der Waals surface area contributed by atoms with Gasteiger partial charge in [-0.1, -0.05) is 12.1 Å². The van der Waals surface area contributed by atoms with E-state index in [0.29, 0.717) is 0 Å². The average Bonchev–Trinajstić information content (AvgIpc) is 2.08. The highest BCUT2D eigenvalue weighted by atomic mass is 16.5. The lowest BCUT2D eigenvalue weighted by Gasteiger charge is -1.74. The Balaban J connectivity index is 2.90. The van der Waals surface area contributed by atoms with Crippen LogP contribution < -0.4 is 0 Å². The first kappa shape index (κ1) is 2.45. The Morgan fingerprint density at radius 2 is 3.00 bits per heavy atom. The van der Waals surface area contributed by atoms with Gasteiger partial charge in [0.1, 0.15) is 0 Å². The number of hydrogen-bond donors (Lipinski definition) is 0. The van der Waals surface area contributed by atoms with Gasteiger partial charge in [-0.2, -0.15) is 4.98 Å². The molecule has 0 N–H and O–H groups in total. The highest BCUT2D eigenvalue weighted by Crippen LogP contribution is 1.88. The Kier molecular flexibility index (Phi) is 0.604. The molecule has 0 saturated heterocycles. The summed E-state index contributed by atoms with van der Waals surface area (Å²) in [6, 6.07) is 0. The van der Waals surface area contributed by atoms with Crippen LogP contribution in [0.3, 0.4) is 0 Å². The summed E-state index contributed by atoms with van der Waals surface area (Å²) in [7, 11) is 0. The van der Waals surface area contributed by atoms with Crippen LogP contribution in [0.2, 0.25) is 0 Å². The Labute approximate surface area is 44.2 Å². The molecule has 0 aromatic carbocycles. The summed E-state index contributed by atoms with van der Waals surface area (Å²) in [5.74, 6) is 0.0162. The van der Waals surface area contributed by atoms with E-state index in [9.17, 15) is 0 Å². The van der Waals surface area contributed by atoms with Gasteiger partial charge in [-0.25, -0.2) is 0 Å². The van der Waals surface area contributed by atoms with E-state index in [2.05, 4.69) is 14.7 Å². The minimum absolute atomic E-state index is 0.0162.